The molecule has 1 nitrogen and oxygen atoms in total. The molecule has 0 radical (unpaired) electrons. The van der Waals surface area contributed by atoms with Crippen LogP contribution in [0.15, 0.2) is 65.6 Å². The number of thioether (sulfide) groups is 1. The van der Waals surface area contributed by atoms with Crippen molar-refractivity contribution in [2.45, 2.75) is 16.2 Å². The summed E-state index contributed by atoms with van der Waals surface area (Å²) >= 11 is 1.70. The highest BCUT2D eigenvalue weighted by Gasteiger charge is 2.24. The number of benzene rings is 2. The highest BCUT2D eigenvalue weighted by Crippen LogP contribution is 2.37. The van der Waals surface area contributed by atoms with Crippen molar-refractivity contribution in [1.82, 2.24) is 0 Å². The van der Waals surface area contributed by atoms with Crippen LogP contribution in [0, 0.1) is 0 Å². The van der Waals surface area contributed by atoms with Gasteiger partial charge in [-0.1, -0.05) is 54.6 Å². The van der Waals surface area contributed by atoms with Gasteiger partial charge in [-0.25, -0.2) is 0 Å². The van der Waals surface area contributed by atoms with Gasteiger partial charge in [0.25, 0.3) is 0 Å². The Kier molecular flexibility index (Phi) is 3.22. The van der Waals surface area contributed by atoms with Crippen molar-refractivity contribution in [3.63, 3.8) is 0 Å². The lowest BCUT2D eigenvalue weighted by atomic mass is 9.95. The molecule has 1 N–H and O–H groups in total. The fraction of sp³-hybridized carbons (Fsp3) is 0.125. The summed E-state index contributed by atoms with van der Waals surface area (Å²) in [6.45, 7) is 0. The monoisotopic (exact) mass is 254 g/mol. The minimum atomic E-state index is -0.434. The molecule has 0 heterocycles. The van der Waals surface area contributed by atoms with Crippen LogP contribution in [0.3, 0.4) is 0 Å². The Hall–Kier alpha value is -1.51. The van der Waals surface area contributed by atoms with E-state index in [1.54, 1.807) is 11.8 Å². The number of hydrogen-bond donors (Lipinski definition) is 1. The Morgan fingerprint density at radius 2 is 1.61 bits per heavy atom. The number of rotatable bonds is 2. The Morgan fingerprint density at radius 1 is 0.889 bits per heavy atom. The molecule has 2 atom stereocenters. The zero-order valence-electron chi connectivity index (χ0n) is 9.86. The van der Waals surface area contributed by atoms with E-state index in [-0.39, 0.29) is 5.25 Å². The van der Waals surface area contributed by atoms with E-state index in [9.17, 15) is 5.11 Å². The second kappa shape index (κ2) is 5.01. The molecule has 0 saturated carbocycles. The molecule has 3 rings (SSSR count). The average molecular weight is 254 g/mol. The number of hydrogen-bond acceptors (Lipinski definition) is 2. The van der Waals surface area contributed by atoms with Crippen molar-refractivity contribution in [2.75, 3.05) is 0 Å². The molecule has 0 saturated heterocycles. The molecule has 18 heavy (non-hydrogen) atoms. The van der Waals surface area contributed by atoms with Gasteiger partial charge in [-0.15, -0.1) is 11.8 Å². The zero-order chi connectivity index (χ0) is 12.4. The van der Waals surface area contributed by atoms with Crippen LogP contribution < -0.4 is 0 Å². The first kappa shape index (κ1) is 11.6. The first-order chi connectivity index (χ1) is 8.84. The molecule has 2 aromatic carbocycles. The molecule has 1 aliphatic carbocycles. The standard InChI is InChI=1S/C16H14OS/c17-16-14-9-5-4-6-12(14)10-11-15(16)18-13-7-2-1-3-8-13/h1-11,15-17H/t15-,16+/m0/s1. The van der Waals surface area contributed by atoms with Gasteiger partial charge in [0.2, 0.25) is 0 Å². The molecule has 0 bridgehead atoms. The second-order valence-electron chi connectivity index (χ2n) is 4.33. The van der Waals surface area contributed by atoms with Crippen LogP contribution in [0.5, 0.6) is 0 Å². The Labute approximate surface area is 111 Å². The predicted octanol–water partition coefficient (Wildman–Crippen LogP) is 3.91. The molecule has 2 aromatic rings. The van der Waals surface area contributed by atoms with Crippen LogP contribution in [0.1, 0.15) is 17.2 Å². The molecule has 0 spiro atoms. The van der Waals surface area contributed by atoms with Crippen LogP contribution in [0.2, 0.25) is 0 Å². The third kappa shape index (κ3) is 2.22. The van der Waals surface area contributed by atoms with Crippen LogP contribution in [-0.2, 0) is 0 Å². The van der Waals surface area contributed by atoms with E-state index in [1.807, 2.05) is 42.5 Å². The van der Waals surface area contributed by atoms with Crippen molar-refractivity contribution in [3.8, 4) is 0 Å². The maximum absolute atomic E-state index is 10.4. The van der Waals surface area contributed by atoms with Gasteiger partial charge in [-0.2, -0.15) is 0 Å². The van der Waals surface area contributed by atoms with Crippen LogP contribution in [-0.4, -0.2) is 10.4 Å². The lowest BCUT2D eigenvalue weighted by molar-refractivity contribution is 0.185. The van der Waals surface area contributed by atoms with E-state index in [4.69, 9.17) is 0 Å². The van der Waals surface area contributed by atoms with E-state index >= 15 is 0 Å². The highest BCUT2D eigenvalue weighted by molar-refractivity contribution is 8.00. The van der Waals surface area contributed by atoms with E-state index in [0.29, 0.717) is 0 Å². The molecule has 0 amide bonds. The van der Waals surface area contributed by atoms with E-state index in [2.05, 4.69) is 24.3 Å². The number of fused-ring (bicyclic) bond motifs is 1. The second-order valence-corrected chi connectivity index (χ2v) is 5.58. The predicted molar refractivity (Wildman–Crippen MR) is 76.5 cm³/mol. The van der Waals surface area contributed by atoms with Gasteiger partial charge < -0.3 is 5.11 Å². The lowest BCUT2D eigenvalue weighted by Gasteiger charge is -2.25. The molecular weight excluding hydrogens is 240 g/mol. The molecule has 90 valence electrons. The number of aliphatic hydroxyl groups is 1. The third-order valence-corrected chi connectivity index (χ3v) is 4.34. The minimum Gasteiger partial charge on any atom is -0.387 e. The Balaban J connectivity index is 1.85. The van der Waals surface area contributed by atoms with Crippen molar-refractivity contribution in [2.24, 2.45) is 0 Å². The maximum Gasteiger partial charge on any atom is 0.0952 e. The smallest absolute Gasteiger partial charge is 0.0952 e. The lowest BCUT2D eigenvalue weighted by Crippen LogP contribution is -2.16. The van der Waals surface area contributed by atoms with E-state index < -0.39 is 6.10 Å². The summed E-state index contributed by atoms with van der Waals surface area (Å²) < 4.78 is 0. The largest absolute Gasteiger partial charge is 0.387 e. The molecule has 1 aliphatic rings. The first-order valence-electron chi connectivity index (χ1n) is 6.01. The minimum absolute atomic E-state index is 0.0855. The van der Waals surface area contributed by atoms with E-state index in [0.717, 1.165) is 11.1 Å². The quantitative estimate of drug-likeness (QED) is 0.877. The Morgan fingerprint density at radius 3 is 2.44 bits per heavy atom. The normalized spacial score (nSPS) is 21.6. The van der Waals surface area contributed by atoms with Gasteiger partial charge in [-0.3, -0.25) is 0 Å². The van der Waals surface area contributed by atoms with Gasteiger partial charge in [0.15, 0.2) is 0 Å². The summed E-state index contributed by atoms with van der Waals surface area (Å²) in [5, 5.41) is 10.5. The SMILES string of the molecule is O[C@@H]1c2ccccc2C=C[C@@H]1Sc1ccccc1. The first-order valence-corrected chi connectivity index (χ1v) is 6.89. The molecular formula is C16H14OS. The number of aliphatic hydroxyl groups excluding tert-OH is 1. The summed E-state index contributed by atoms with van der Waals surface area (Å²) in [6, 6.07) is 18.2. The van der Waals surface area contributed by atoms with Gasteiger partial charge >= 0.3 is 0 Å². The summed E-state index contributed by atoms with van der Waals surface area (Å²) in [4.78, 5) is 1.19. The average Bonchev–Trinajstić information content (AvgIpc) is 2.43. The van der Waals surface area contributed by atoms with Gasteiger partial charge in [0.1, 0.15) is 0 Å². The van der Waals surface area contributed by atoms with Crippen molar-refractivity contribution in [1.29, 1.82) is 0 Å². The van der Waals surface area contributed by atoms with Crippen LogP contribution in [0.25, 0.3) is 6.08 Å². The third-order valence-electron chi connectivity index (χ3n) is 3.11. The fourth-order valence-corrected chi connectivity index (χ4v) is 3.23. The van der Waals surface area contributed by atoms with Crippen molar-refractivity contribution < 1.29 is 5.11 Å². The summed E-state index contributed by atoms with van der Waals surface area (Å²) in [5.41, 5.74) is 2.14. The van der Waals surface area contributed by atoms with Gasteiger partial charge in [0, 0.05) is 4.90 Å². The molecule has 0 aliphatic heterocycles. The summed E-state index contributed by atoms with van der Waals surface area (Å²) in [5.74, 6) is 0. The van der Waals surface area contributed by atoms with Gasteiger partial charge in [0.05, 0.1) is 11.4 Å². The maximum atomic E-state index is 10.4. The van der Waals surface area contributed by atoms with E-state index in [1.165, 1.54) is 4.90 Å². The molecule has 2 heteroatoms. The van der Waals surface area contributed by atoms with Crippen LogP contribution in [0.4, 0.5) is 0 Å². The topological polar surface area (TPSA) is 20.2 Å². The highest BCUT2D eigenvalue weighted by atomic mass is 32.2. The molecule has 0 fully saturated rings. The fourth-order valence-electron chi connectivity index (χ4n) is 2.17. The Bertz CT molecular complexity index is 562. The zero-order valence-corrected chi connectivity index (χ0v) is 10.7. The molecule has 0 unspecified atom stereocenters. The van der Waals surface area contributed by atoms with Crippen molar-refractivity contribution in [3.05, 3.63) is 71.8 Å². The van der Waals surface area contributed by atoms with Crippen molar-refractivity contribution >= 4 is 17.8 Å². The molecule has 0 aromatic heterocycles. The van der Waals surface area contributed by atoms with Crippen LogP contribution >= 0.6 is 11.8 Å². The summed E-state index contributed by atoms with van der Waals surface area (Å²) in [6.07, 6.45) is 3.75. The van der Waals surface area contributed by atoms with Gasteiger partial charge in [-0.05, 0) is 23.3 Å². The summed E-state index contributed by atoms with van der Waals surface area (Å²) in [7, 11) is 0.